The Balaban J connectivity index is 2.37. The van der Waals surface area contributed by atoms with Crippen molar-refractivity contribution in [1.29, 1.82) is 0 Å². The second-order valence-corrected chi connectivity index (χ2v) is 5.61. The number of thiocarbonyl (C=S) groups is 1. The first kappa shape index (κ1) is 15.4. The van der Waals surface area contributed by atoms with Crippen LogP contribution in [0.5, 0.6) is 0 Å². The molecule has 3 nitrogen and oxygen atoms in total. The van der Waals surface area contributed by atoms with Crippen LogP contribution in [0.2, 0.25) is 0 Å². The number of nitrogens with zero attached hydrogens (tertiary/aromatic N) is 1. The van der Waals surface area contributed by atoms with Gasteiger partial charge in [-0.05, 0) is 6.26 Å². The predicted octanol–water partition coefficient (Wildman–Crippen LogP) is 3.51. The van der Waals surface area contributed by atoms with Gasteiger partial charge in [-0.25, -0.2) is 0 Å². The topological polar surface area (TPSA) is 41.5 Å². The highest BCUT2D eigenvalue weighted by molar-refractivity contribution is 8.22. The zero-order valence-electron chi connectivity index (χ0n) is 11.4. The second kappa shape index (κ2) is 7.71. The maximum atomic E-state index is 12.6. The molecule has 2 rings (SSSR count). The summed E-state index contributed by atoms with van der Waals surface area (Å²) in [5.74, 6) is -0.141. The van der Waals surface area contributed by atoms with Gasteiger partial charge in [0.05, 0.1) is 0 Å². The second-order valence-electron chi connectivity index (χ2n) is 4.12. The third-order valence-electron chi connectivity index (χ3n) is 2.74. The van der Waals surface area contributed by atoms with E-state index in [-0.39, 0.29) is 5.78 Å². The van der Waals surface area contributed by atoms with E-state index in [1.807, 2.05) is 54.8 Å². The van der Waals surface area contributed by atoms with Crippen LogP contribution in [-0.2, 0) is 0 Å². The fourth-order valence-electron chi connectivity index (χ4n) is 1.72. The number of benzene rings is 2. The van der Waals surface area contributed by atoms with Crippen molar-refractivity contribution in [2.75, 3.05) is 6.26 Å². The number of rotatable bonds is 4. The van der Waals surface area contributed by atoms with Crippen LogP contribution in [0.1, 0.15) is 15.9 Å². The Labute approximate surface area is 133 Å². The summed E-state index contributed by atoms with van der Waals surface area (Å²) in [6.07, 6.45) is 1.85. The molecule has 0 aliphatic heterocycles. The summed E-state index contributed by atoms with van der Waals surface area (Å²) in [6, 6.07) is 18.4. The lowest BCUT2D eigenvalue weighted by Crippen LogP contribution is -2.21. The van der Waals surface area contributed by atoms with Gasteiger partial charge in [-0.1, -0.05) is 84.6 Å². The van der Waals surface area contributed by atoms with Crippen molar-refractivity contribution in [2.45, 2.75) is 0 Å². The summed E-state index contributed by atoms with van der Waals surface area (Å²) in [4.78, 5) is 12.6. The van der Waals surface area contributed by atoms with Crippen LogP contribution in [0.25, 0.3) is 0 Å². The Morgan fingerprint density at radius 3 is 2.05 bits per heavy atom. The molecular weight excluding hydrogens is 300 g/mol. The van der Waals surface area contributed by atoms with E-state index >= 15 is 0 Å². The van der Waals surface area contributed by atoms with Gasteiger partial charge in [-0.3, -0.25) is 10.2 Å². The smallest absolute Gasteiger partial charge is 0.213 e. The maximum absolute atomic E-state index is 12.6. The fourth-order valence-corrected chi connectivity index (χ4v) is 1.90. The Hall–Kier alpha value is -1.98. The van der Waals surface area contributed by atoms with E-state index in [9.17, 15) is 4.79 Å². The summed E-state index contributed by atoms with van der Waals surface area (Å²) in [5.41, 5.74) is 4.44. The Morgan fingerprint density at radius 1 is 1.00 bits per heavy atom. The van der Waals surface area contributed by atoms with E-state index in [0.29, 0.717) is 15.6 Å². The molecule has 0 saturated heterocycles. The number of carbonyl (C=O) groups excluding carboxylic acids is 1. The molecule has 0 aromatic heterocycles. The zero-order chi connectivity index (χ0) is 15.1. The highest BCUT2D eigenvalue weighted by Gasteiger charge is 2.16. The van der Waals surface area contributed by atoms with Crippen LogP contribution in [0.15, 0.2) is 65.8 Å². The van der Waals surface area contributed by atoms with E-state index in [2.05, 4.69) is 10.5 Å². The lowest BCUT2D eigenvalue weighted by Gasteiger charge is -2.07. The van der Waals surface area contributed by atoms with Crippen LogP contribution in [0.4, 0.5) is 0 Å². The van der Waals surface area contributed by atoms with E-state index in [4.69, 9.17) is 12.2 Å². The van der Waals surface area contributed by atoms with Crippen molar-refractivity contribution in [2.24, 2.45) is 5.10 Å². The number of thioether (sulfide) groups is 1. The summed E-state index contributed by atoms with van der Waals surface area (Å²) >= 11 is 6.43. The number of hydrogen-bond donors (Lipinski definition) is 1. The minimum Gasteiger partial charge on any atom is -0.287 e. The van der Waals surface area contributed by atoms with Crippen LogP contribution >= 0.6 is 24.0 Å². The third kappa shape index (κ3) is 4.24. The number of hydrazone groups is 1. The summed E-state index contributed by atoms with van der Waals surface area (Å²) < 4.78 is 0.518. The molecule has 0 atom stereocenters. The van der Waals surface area contributed by atoms with Crippen LogP contribution in [0, 0.1) is 0 Å². The third-order valence-corrected chi connectivity index (χ3v) is 3.80. The molecule has 0 aliphatic rings. The molecule has 0 fully saturated rings. The molecule has 0 amide bonds. The normalized spacial score (nSPS) is 11.0. The van der Waals surface area contributed by atoms with Crippen LogP contribution in [-0.4, -0.2) is 22.1 Å². The largest absolute Gasteiger partial charge is 0.287 e. The number of ketones is 1. The Kier molecular flexibility index (Phi) is 5.66. The molecule has 0 radical (unpaired) electrons. The predicted molar refractivity (Wildman–Crippen MR) is 93.0 cm³/mol. The molecule has 0 heterocycles. The van der Waals surface area contributed by atoms with E-state index < -0.39 is 0 Å². The van der Waals surface area contributed by atoms with Gasteiger partial charge in [0.15, 0.2) is 4.32 Å². The molecule has 106 valence electrons. The molecule has 21 heavy (non-hydrogen) atoms. The number of nitrogens with one attached hydrogen (secondary N) is 1. The highest BCUT2D eigenvalue weighted by Crippen LogP contribution is 2.09. The van der Waals surface area contributed by atoms with Crippen molar-refractivity contribution in [3.8, 4) is 0 Å². The van der Waals surface area contributed by atoms with Crippen molar-refractivity contribution < 1.29 is 4.79 Å². The van der Waals surface area contributed by atoms with E-state index in [0.717, 1.165) is 5.56 Å². The Bertz CT molecular complexity index is 654. The van der Waals surface area contributed by atoms with Crippen molar-refractivity contribution in [3.63, 3.8) is 0 Å². The van der Waals surface area contributed by atoms with Gasteiger partial charge in [-0.15, -0.1) is 0 Å². The average Bonchev–Trinajstić information content (AvgIpc) is 2.56. The lowest BCUT2D eigenvalue weighted by molar-refractivity contribution is 0.106. The fraction of sp³-hybridized carbons (Fsp3) is 0.0625. The minimum absolute atomic E-state index is 0.141. The quantitative estimate of drug-likeness (QED) is 0.406. The summed E-state index contributed by atoms with van der Waals surface area (Å²) in [7, 11) is 0. The SMILES string of the molecule is CSC(=S)N/N=C(/C(=O)c1ccccc1)c1ccccc1. The summed E-state index contributed by atoms with van der Waals surface area (Å²) in [5, 5.41) is 4.20. The summed E-state index contributed by atoms with van der Waals surface area (Å²) in [6.45, 7) is 0. The number of carbonyl (C=O) groups is 1. The average molecular weight is 314 g/mol. The number of Topliss-reactive ketones (excluding diaryl/α,β-unsaturated/α-hetero) is 1. The molecule has 5 heteroatoms. The molecule has 0 unspecified atom stereocenters. The standard InChI is InChI=1S/C16H14N2OS2/c1-21-16(20)18-17-14(12-8-4-2-5-9-12)15(19)13-10-6-3-7-11-13/h2-11H,1H3,(H,18,20)/b17-14+. The van der Waals surface area contributed by atoms with E-state index in [1.165, 1.54) is 11.8 Å². The first-order chi connectivity index (χ1) is 10.2. The monoisotopic (exact) mass is 314 g/mol. The molecule has 1 N–H and O–H groups in total. The number of hydrogen-bond acceptors (Lipinski definition) is 4. The lowest BCUT2D eigenvalue weighted by atomic mass is 10.0. The molecule has 2 aromatic carbocycles. The van der Waals surface area contributed by atoms with Gasteiger partial charge in [-0.2, -0.15) is 5.10 Å². The van der Waals surface area contributed by atoms with Gasteiger partial charge in [0.2, 0.25) is 5.78 Å². The Morgan fingerprint density at radius 2 is 1.52 bits per heavy atom. The molecule has 0 bridgehead atoms. The van der Waals surface area contributed by atoms with Gasteiger partial charge in [0, 0.05) is 11.1 Å². The van der Waals surface area contributed by atoms with Gasteiger partial charge in [0.1, 0.15) is 5.71 Å². The first-order valence-electron chi connectivity index (χ1n) is 6.29. The van der Waals surface area contributed by atoms with Crippen LogP contribution < -0.4 is 5.43 Å². The van der Waals surface area contributed by atoms with Crippen molar-refractivity contribution in [1.82, 2.24) is 5.43 Å². The molecule has 0 aliphatic carbocycles. The van der Waals surface area contributed by atoms with Crippen LogP contribution in [0.3, 0.4) is 0 Å². The van der Waals surface area contributed by atoms with E-state index in [1.54, 1.807) is 12.1 Å². The first-order valence-corrected chi connectivity index (χ1v) is 7.92. The molecule has 2 aromatic rings. The molecule has 0 spiro atoms. The highest BCUT2D eigenvalue weighted by atomic mass is 32.2. The van der Waals surface area contributed by atoms with Gasteiger partial charge >= 0.3 is 0 Å². The molecule has 0 saturated carbocycles. The molecular formula is C16H14N2OS2. The van der Waals surface area contributed by atoms with Gasteiger partial charge < -0.3 is 0 Å². The zero-order valence-corrected chi connectivity index (χ0v) is 13.1. The van der Waals surface area contributed by atoms with Crippen molar-refractivity contribution in [3.05, 3.63) is 71.8 Å². The maximum Gasteiger partial charge on any atom is 0.213 e. The van der Waals surface area contributed by atoms with Gasteiger partial charge in [0.25, 0.3) is 0 Å². The minimum atomic E-state index is -0.141. The van der Waals surface area contributed by atoms with Crippen molar-refractivity contribution >= 4 is 39.8 Å².